The molecule has 0 unspecified atom stereocenters. The second-order valence-electron chi connectivity index (χ2n) is 5.83. The average Bonchev–Trinajstić information content (AvgIpc) is 2.09. The van der Waals surface area contributed by atoms with Gasteiger partial charge in [-0.2, -0.15) is 0 Å². The monoisotopic (exact) mass is 220 g/mol. The molecule has 0 saturated heterocycles. The maximum Gasteiger partial charge on any atom is 0.0280 e. The predicted octanol–water partition coefficient (Wildman–Crippen LogP) is 3.95. The van der Waals surface area contributed by atoms with Crippen molar-refractivity contribution in [2.24, 2.45) is 10.8 Å². The Labute approximate surface area is 96.6 Å². The van der Waals surface area contributed by atoms with Crippen LogP contribution in [-0.4, -0.2) is 5.88 Å². The Morgan fingerprint density at radius 2 is 1.93 bits per heavy atom. The van der Waals surface area contributed by atoms with Gasteiger partial charge in [-0.1, -0.05) is 29.8 Å². The molecule has 80 valence electrons. The maximum atomic E-state index is 5.97. The van der Waals surface area contributed by atoms with Gasteiger partial charge in [0, 0.05) is 5.88 Å². The largest absolute Gasteiger partial charge is 0.126 e. The zero-order valence-corrected chi connectivity index (χ0v) is 9.98. The van der Waals surface area contributed by atoms with Gasteiger partial charge in [0.1, 0.15) is 0 Å². The number of alkyl halides is 1. The SMILES string of the molecule is Cc1cccc(CC23CC(CCl)(C2)C3)c1. The van der Waals surface area contributed by atoms with Crippen LogP contribution < -0.4 is 0 Å². The molecule has 3 saturated carbocycles. The van der Waals surface area contributed by atoms with Gasteiger partial charge in [0.2, 0.25) is 0 Å². The lowest BCUT2D eigenvalue weighted by Gasteiger charge is -2.71. The predicted molar refractivity (Wildman–Crippen MR) is 64.3 cm³/mol. The molecule has 0 amide bonds. The third kappa shape index (κ3) is 1.42. The van der Waals surface area contributed by atoms with Crippen LogP contribution in [0, 0.1) is 17.8 Å². The van der Waals surface area contributed by atoms with Crippen LogP contribution >= 0.6 is 11.6 Å². The van der Waals surface area contributed by atoms with Crippen LogP contribution in [0.5, 0.6) is 0 Å². The third-order valence-corrected chi connectivity index (χ3v) is 4.76. The molecule has 0 heterocycles. The molecule has 1 aromatic carbocycles. The highest BCUT2D eigenvalue weighted by molar-refractivity contribution is 6.18. The number of benzene rings is 1. The molecule has 2 bridgehead atoms. The van der Waals surface area contributed by atoms with Crippen molar-refractivity contribution in [3.8, 4) is 0 Å². The average molecular weight is 221 g/mol. The fraction of sp³-hybridized carbons (Fsp3) is 0.571. The molecule has 1 heteroatoms. The molecule has 3 fully saturated rings. The fourth-order valence-electron chi connectivity index (χ4n) is 3.82. The zero-order chi connectivity index (χ0) is 10.5. The summed E-state index contributed by atoms with van der Waals surface area (Å²) in [5.74, 6) is 0.878. The van der Waals surface area contributed by atoms with E-state index in [1.165, 1.54) is 36.8 Å². The standard InChI is InChI=1S/C14H17Cl/c1-11-3-2-4-12(5-11)6-13-7-14(8-13,9-13)10-15/h2-5H,6-10H2,1H3. The van der Waals surface area contributed by atoms with Crippen molar-refractivity contribution in [3.63, 3.8) is 0 Å². The van der Waals surface area contributed by atoms with Crippen LogP contribution in [-0.2, 0) is 6.42 Å². The molecule has 0 spiro atoms. The van der Waals surface area contributed by atoms with Gasteiger partial charge in [0.15, 0.2) is 0 Å². The van der Waals surface area contributed by atoms with E-state index >= 15 is 0 Å². The first-order valence-electron chi connectivity index (χ1n) is 5.77. The second kappa shape index (κ2) is 3.01. The summed E-state index contributed by atoms with van der Waals surface area (Å²) in [6, 6.07) is 8.94. The second-order valence-corrected chi connectivity index (χ2v) is 6.10. The summed E-state index contributed by atoms with van der Waals surface area (Å²) in [6.45, 7) is 2.17. The fourth-order valence-corrected chi connectivity index (χ4v) is 4.10. The number of rotatable bonds is 3. The summed E-state index contributed by atoms with van der Waals surface area (Å²) >= 11 is 5.97. The van der Waals surface area contributed by atoms with E-state index in [4.69, 9.17) is 11.6 Å². The van der Waals surface area contributed by atoms with Gasteiger partial charge in [-0.05, 0) is 49.0 Å². The molecule has 15 heavy (non-hydrogen) atoms. The lowest BCUT2D eigenvalue weighted by atomic mass is 9.34. The highest BCUT2D eigenvalue weighted by Crippen LogP contribution is 2.74. The van der Waals surface area contributed by atoms with Gasteiger partial charge in [-0.25, -0.2) is 0 Å². The molecule has 3 aliphatic rings. The highest BCUT2D eigenvalue weighted by Gasteiger charge is 2.66. The van der Waals surface area contributed by atoms with Crippen molar-refractivity contribution in [2.75, 3.05) is 5.88 Å². The van der Waals surface area contributed by atoms with Gasteiger partial charge < -0.3 is 0 Å². The number of hydrogen-bond donors (Lipinski definition) is 0. The van der Waals surface area contributed by atoms with Crippen molar-refractivity contribution in [1.29, 1.82) is 0 Å². The van der Waals surface area contributed by atoms with Crippen molar-refractivity contribution in [3.05, 3.63) is 35.4 Å². The van der Waals surface area contributed by atoms with E-state index in [0.29, 0.717) is 10.8 Å². The topological polar surface area (TPSA) is 0 Å². The third-order valence-electron chi connectivity index (χ3n) is 4.20. The van der Waals surface area contributed by atoms with Crippen molar-refractivity contribution in [1.82, 2.24) is 0 Å². The first-order valence-corrected chi connectivity index (χ1v) is 6.31. The number of halogens is 1. The molecular formula is C14H17Cl. The van der Waals surface area contributed by atoms with Crippen LogP contribution in [0.25, 0.3) is 0 Å². The summed E-state index contributed by atoms with van der Waals surface area (Å²) in [6.07, 6.45) is 5.39. The first-order chi connectivity index (χ1) is 7.15. The smallest absolute Gasteiger partial charge is 0.0280 e. The normalized spacial score (nSPS) is 36.9. The van der Waals surface area contributed by atoms with Gasteiger partial charge in [0.05, 0.1) is 0 Å². The molecule has 0 N–H and O–H groups in total. The van der Waals surface area contributed by atoms with Gasteiger partial charge in [-0.15, -0.1) is 11.6 Å². The summed E-state index contributed by atoms with van der Waals surface area (Å²) in [5.41, 5.74) is 4.10. The molecular weight excluding hydrogens is 204 g/mol. The summed E-state index contributed by atoms with van der Waals surface area (Å²) < 4.78 is 0. The van der Waals surface area contributed by atoms with Crippen molar-refractivity contribution < 1.29 is 0 Å². The van der Waals surface area contributed by atoms with Crippen LogP contribution in [0.1, 0.15) is 30.4 Å². The van der Waals surface area contributed by atoms with E-state index in [-0.39, 0.29) is 0 Å². The van der Waals surface area contributed by atoms with Crippen LogP contribution in [0.15, 0.2) is 24.3 Å². The Kier molecular flexibility index (Phi) is 1.95. The Morgan fingerprint density at radius 3 is 2.53 bits per heavy atom. The molecule has 0 radical (unpaired) electrons. The summed E-state index contributed by atoms with van der Waals surface area (Å²) in [5, 5.41) is 0. The summed E-state index contributed by atoms with van der Waals surface area (Å²) in [7, 11) is 0. The Hall–Kier alpha value is -0.490. The molecule has 3 aliphatic carbocycles. The first kappa shape index (κ1) is 9.72. The number of aryl methyl sites for hydroxylation is 1. The van der Waals surface area contributed by atoms with Crippen LogP contribution in [0.3, 0.4) is 0 Å². The van der Waals surface area contributed by atoms with E-state index in [1.807, 2.05) is 0 Å². The Morgan fingerprint density at radius 1 is 1.20 bits per heavy atom. The molecule has 4 rings (SSSR count). The van der Waals surface area contributed by atoms with E-state index in [2.05, 4.69) is 31.2 Å². The van der Waals surface area contributed by atoms with E-state index < -0.39 is 0 Å². The number of hydrogen-bond acceptors (Lipinski definition) is 0. The van der Waals surface area contributed by atoms with Gasteiger partial charge >= 0.3 is 0 Å². The van der Waals surface area contributed by atoms with Crippen LogP contribution in [0.4, 0.5) is 0 Å². The quantitative estimate of drug-likeness (QED) is 0.677. The zero-order valence-electron chi connectivity index (χ0n) is 9.22. The van der Waals surface area contributed by atoms with Crippen molar-refractivity contribution >= 4 is 11.6 Å². The lowest BCUT2D eigenvalue weighted by Crippen LogP contribution is -2.63. The van der Waals surface area contributed by atoms with E-state index in [9.17, 15) is 0 Å². The minimum Gasteiger partial charge on any atom is -0.126 e. The van der Waals surface area contributed by atoms with Gasteiger partial charge in [0.25, 0.3) is 0 Å². The molecule has 1 aromatic rings. The lowest BCUT2D eigenvalue weighted by molar-refractivity contribution is -0.186. The van der Waals surface area contributed by atoms with Crippen LogP contribution in [0.2, 0.25) is 0 Å². The maximum absolute atomic E-state index is 5.97. The van der Waals surface area contributed by atoms with E-state index in [0.717, 1.165) is 5.88 Å². The van der Waals surface area contributed by atoms with E-state index in [1.54, 1.807) is 0 Å². The Bertz CT molecular complexity index is 374. The highest BCUT2D eigenvalue weighted by atomic mass is 35.5. The Balaban J connectivity index is 1.69. The van der Waals surface area contributed by atoms with Gasteiger partial charge in [-0.3, -0.25) is 0 Å². The summed E-state index contributed by atoms with van der Waals surface area (Å²) in [4.78, 5) is 0. The molecule has 0 nitrogen and oxygen atoms in total. The molecule has 0 aliphatic heterocycles. The molecule has 0 atom stereocenters. The molecule has 0 aromatic heterocycles. The minimum absolute atomic E-state index is 0.561. The minimum atomic E-state index is 0.561. The van der Waals surface area contributed by atoms with Crippen molar-refractivity contribution in [2.45, 2.75) is 32.6 Å².